The number of nitro benzene ring substituents is 1. The topological polar surface area (TPSA) is 84.7 Å². The van der Waals surface area contributed by atoms with E-state index < -0.39 is 0 Å². The van der Waals surface area contributed by atoms with E-state index in [2.05, 4.69) is 5.32 Å². The molecule has 1 aliphatic rings. The SMILES string of the molecule is COc1ccc(CNC(=O)C2CCN(c3ccc(C)cc3[N+](=O)[O-])CC2)cc1. The molecule has 1 fully saturated rings. The van der Waals surface area contributed by atoms with Crippen LogP contribution in [-0.2, 0) is 11.3 Å². The molecule has 0 spiro atoms. The fourth-order valence-electron chi connectivity index (χ4n) is 3.51. The van der Waals surface area contributed by atoms with Crippen LogP contribution in [0.25, 0.3) is 0 Å². The third kappa shape index (κ3) is 4.60. The van der Waals surface area contributed by atoms with Crippen molar-refractivity contribution in [2.45, 2.75) is 26.3 Å². The lowest BCUT2D eigenvalue weighted by atomic mass is 9.95. The normalized spacial score (nSPS) is 14.6. The van der Waals surface area contributed by atoms with Crippen molar-refractivity contribution in [2.24, 2.45) is 5.92 Å². The minimum absolute atomic E-state index is 0.0360. The molecular formula is C21H25N3O4. The van der Waals surface area contributed by atoms with Crippen molar-refractivity contribution in [2.75, 3.05) is 25.1 Å². The lowest BCUT2D eigenvalue weighted by Crippen LogP contribution is -2.40. The first-order chi connectivity index (χ1) is 13.5. The number of carbonyl (C=O) groups is 1. The van der Waals surface area contributed by atoms with Gasteiger partial charge in [0.25, 0.3) is 5.69 Å². The Morgan fingerprint density at radius 3 is 2.50 bits per heavy atom. The van der Waals surface area contributed by atoms with Gasteiger partial charge in [0.2, 0.25) is 5.91 Å². The van der Waals surface area contributed by atoms with E-state index in [0.717, 1.165) is 16.9 Å². The van der Waals surface area contributed by atoms with E-state index in [1.54, 1.807) is 19.2 Å². The second kappa shape index (κ2) is 8.73. The summed E-state index contributed by atoms with van der Waals surface area (Å²) < 4.78 is 5.13. The lowest BCUT2D eigenvalue weighted by molar-refractivity contribution is -0.384. The summed E-state index contributed by atoms with van der Waals surface area (Å²) in [4.78, 5) is 25.5. The molecule has 0 bridgehead atoms. The van der Waals surface area contributed by atoms with Crippen LogP contribution in [0.3, 0.4) is 0 Å². The fourth-order valence-corrected chi connectivity index (χ4v) is 3.51. The first-order valence-electron chi connectivity index (χ1n) is 9.38. The van der Waals surface area contributed by atoms with Crippen molar-refractivity contribution >= 4 is 17.3 Å². The third-order valence-electron chi connectivity index (χ3n) is 5.16. The van der Waals surface area contributed by atoms with Gasteiger partial charge in [-0.3, -0.25) is 14.9 Å². The maximum Gasteiger partial charge on any atom is 0.292 e. The van der Waals surface area contributed by atoms with Crippen LogP contribution in [0.5, 0.6) is 5.75 Å². The number of methoxy groups -OCH3 is 1. The molecule has 0 radical (unpaired) electrons. The van der Waals surface area contributed by atoms with Gasteiger partial charge in [0, 0.05) is 31.6 Å². The van der Waals surface area contributed by atoms with Crippen LogP contribution in [0.15, 0.2) is 42.5 Å². The molecule has 28 heavy (non-hydrogen) atoms. The van der Waals surface area contributed by atoms with Crippen LogP contribution >= 0.6 is 0 Å². The van der Waals surface area contributed by atoms with E-state index in [1.807, 2.05) is 42.2 Å². The van der Waals surface area contributed by atoms with Crippen LogP contribution in [0.1, 0.15) is 24.0 Å². The molecule has 1 heterocycles. The van der Waals surface area contributed by atoms with Gasteiger partial charge in [-0.2, -0.15) is 0 Å². The molecule has 0 aliphatic carbocycles. The number of benzene rings is 2. The van der Waals surface area contributed by atoms with Crippen LogP contribution in [-0.4, -0.2) is 31.0 Å². The maximum atomic E-state index is 12.5. The average Bonchev–Trinajstić information content (AvgIpc) is 2.72. The molecular weight excluding hydrogens is 358 g/mol. The Morgan fingerprint density at radius 2 is 1.89 bits per heavy atom. The quantitative estimate of drug-likeness (QED) is 0.610. The van der Waals surface area contributed by atoms with E-state index in [4.69, 9.17) is 4.74 Å². The largest absolute Gasteiger partial charge is 0.497 e. The smallest absolute Gasteiger partial charge is 0.292 e. The molecule has 2 aromatic carbocycles. The van der Waals surface area contributed by atoms with E-state index in [1.165, 1.54) is 0 Å². The molecule has 2 aromatic rings. The van der Waals surface area contributed by atoms with Gasteiger partial charge < -0.3 is 15.0 Å². The number of ether oxygens (including phenoxy) is 1. The highest BCUT2D eigenvalue weighted by Gasteiger charge is 2.28. The van der Waals surface area contributed by atoms with Crippen molar-refractivity contribution in [3.8, 4) is 5.75 Å². The van der Waals surface area contributed by atoms with Crippen molar-refractivity contribution in [1.29, 1.82) is 0 Å². The van der Waals surface area contributed by atoms with Gasteiger partial charge in [0.1, 0.15) is 11.4 Å². The molecule has 0 unspecified atom stereocenters. The summed E-state index contributed by atoms with van der Waals surface area (Å²) in [5.41, 5.74) is 2.64. The van der Waals surface area contributed by atoms with Crippen molar-refractivity contribution < 1.29 is 14.5 Å². The molecule has 0 atom stereocenters. The Labute approximate surface area is 164 Å². The molecule has 1 aliphatic heterocycles. The van der Waals surface area contributed by atoms with Gasteiger partial charge in [0.15, 0.2) is 0 Å². The monoisotopic (exact) mass is 383 g/mol. The number of aryl methyl sites for hydroxylation is 1. The second-order valence-electron chi connectivity index (χ2n) is 7.08. The number of nitrogens with zero attached hydrogens (tertiary/aromatic N) is 2. The molecule has 7 heteroatoms. The van der Waals surface area contributed by atoms with E-state index in [9.17, 15) is 14.9 Å². The number of nitrogens with one attached hydrogen (secondary N) is 1. The summed E-state index contributed by atoms with van der Waals surface area (Å²) in [5.74, 6) is 0.750. The number of rotatable bonds is 6. The summed E-state index contributed by atoms with van der Waals surface area (Å²) >= 11 is 0. The summed E-state index contributed by atoms with van der Waals surface area (Å²) in [6.45, 7) is 3.58. The number of hydrogen-bond donors (Lipinski definition) is 1. The van der Waals surface area contributed by atoms with E-state index >= 15 is 0 Å². The summed E-state index contributed by atoms with van der Waals surface area (Å²) in [5, 5.41) is 14.3. The lowest BCUT2D eigenvalue weighted by Gasteiger charge is -2.32. The number of amides is 1. The van der Waals surface area contributed by atoms with Crippen LogP contribution in [0, 0.1) is 23.0 Å². The molecule has 0 saturated carbocycles. The highest BCUT2D eigenvalue weighted by atomic mass is 16.6. The summed E-state index contributed by atoms with van der Waals surface area (Å²) in [7, 11) is 1.62. The number of piperidine rings is 1. The highest BCUT2D eigenvalue weighted by molar-refractivity contribution is 5.79. The van der Waals surface area contributed by atoms with Crippen molar-refractivity contribution in [1.82, 2.24) is 5.32 Å². The predicted octanol–water partition coefficient (Wildman–Crippen LogP) is 3.44. The van der Waals surface area contributed by atoms with Crippen LogP contribution in [0.2, 0.25) is 0 Å². The maximum absolute atomic E-state index is 12.5. The minimum Gasteiger partial charge on any atom is -0.497 e. The average molecular weight is 383 g/mol. The molecule has 7 nitrogen and oxygen atoms in total. The van der Waals surface area contributed by atoms with Gasteiger partial charge in [-0.25, -0.2) is 0 Å². The van der Waals surface area contributed by atoms with Gasteiger partial charge in [0.05, 0.1) is 12.0 Å². The Morgan fingerprint density at radius 1 is 1.21 bits per heavy atom. The molecule has 1 amide bonds. The zero-order valence-electron chi connectivity index (χ0n) is 16.2. The molecule has 148 valence electrons. The molecule has 3 rings (SSSR count). The van der Waals surface area contributed by atoms with Crippen LogP contribution < -0.4 is 15.0 Å². The minimum atomic E-state index is -0.337. The first-order valence-corrected chi connectivity index (χ1v) is 9.38. The van der Waals surface area contributed by atoms with Crippen molar-refractivity contribution in [3.63, 3.8) is 0 Å². The number of carbonyl (C=O) groups excluding carboxylic acids is 1. The van der Waals surface area contributed by atoms with Gasteiger partial charge >= 0.3 is 0 Å². The highest BCUT2D eigenvalue weighted by Crippen LogP contribution is 2.32. The van der Waals surface area contributed by atoms with Gasteiger partial charge in [-0.15, -0.1) is 0 Å². The van der Waals surface area contributed by atoms with E-state index in [-0.39, 0.29) is 22.4 Å². The Kier molecular flexibility index (Phi) is 6.13. The Hall–Kier alpha value is -3.09. The Balaban J connectivity index is 1.55. The molecule has 0 aromatic heterocycles. The predicted molar refractivity (Wildman–Crippen MR) is 108 cm³/mol. The number of hydrogen-bond acceptors (Lipinski definition) is 5. The third-order valence-corrected chi connectivity index (χ3v) is 5.16. The number of anilines is 1. The van der Waals surface area contributed by atoms with Crippen molar-refractivity contribution in [3.05, 3.63) is 63.7 Å². The van der Waals surface area contributed by atoms with Gasteiger partial charge in [-0.05, 0) is 49.1 Å². The number of nitro groups is 1. The molecule has 1 N–H and O–H groups in total. The Bertz CT molecular complexity index is 843. The fraction of sp³-hybridized carbons (Fsp3) is 0.381. The second-order valence-corrected chi connectivity index (χ2v) is 7.08. The summed E-state index contributed by atoms with van der Waals surface area (Å²) in [6, 6.07) is 12.9. The zero-order chi connectivity index (χ0) is 20.1. The molecule has 1 saturated heterocycles. The van der Waals surface area contributed by atoms with Crippen LogP contribution in [0.4, 0.5) is 11.4 Å². The van der Waals surface area contributed by atoms with Gasteiger partial charge in [-0.1, -0.05) is 18.2 Å². The van der Waals surface area contributed by atoms with E-state index in [0.29, 0.717) is 38.2 Å². The first kappa shape index (κ1) is 19.7. The summed E-state index contributed by atoms with van der Waals surface area (Å²) in [6.07, 6.45) is 1.36. The zero-order valence-corrected chi connectivity index (χ0v) is 16.2. The standard InChI is InChI=1S/C21H25N3O4/c1-15-3-8-19(20(13-15)24(26)27)23-11-9-17(10-12-23)21(25)22-14-16-4-6-18(28-2)7-5-16/h3-8,13,17H,9-12,14H2,1-2H3,(H,22,25).